The lowest BCUT2D eigenvalue weighted by Crippen LogP contribution is -2.04. The predicted molar refractivity (Wildman–Crippen MR) is 76.5 cm³/mol. The highest BCUT2D eigenvalue weighted by Crippen LogP contribution is 2.19. The summed E-state index contributed by atoms with van der Waals surface area (Å²) >= 11 is 0. The van der Waals surface area contributed by atoms with Crippen molar-refractivity contribution in [1.29, 1.82) is 0 Å². The molecule has 0 aliphatic carbocycles. The molecule has 1 aromatic heterocycles. The average Bonchev–Trinajstić information content (AvgIpc) is 2.97. The van der Waals surface area contributed by atoms with E-state index in [0.29, 0.717) is 5.82 Å². The van der Waals surface area contributed by atoms with Gasteiger partial charge < -0.3 is 5.11 Å². The van der Waals surface area contributed by atoms with E-state index >= 15 is 0 Å². The summed E-state index contributed by atoms with van der Waals surface area (Å²) in [7, 11) is 0. The molecule has 2 aromatic carbocycles. The molecule has 100 valence electrons. The van der Waals surface area contributed by atoms with E-state index < -0.39 is 0 Å². The molecule has 1 N–H and O–H groups in total. The van der Waals surface area contributed by atoms with E-state index in [1.807, 2.05) is 41.0 Å². The van der Waals surface area contributed by atoms with Gasteiger partial charge in [0.25, 0.3) is 0 Å². The van der Waals surface area contributed by atoms with Crippen LogP contribution in [0.5, 0.6) is 0 Å². The third-order valence-electron chi connectivity index (χ3n) is 3.25. The second-order valence-corrected chi connectivity index (χ2v) is 4.57. The van der Waals surface area contributed by atoms with Crippen molar-refractivity contribution in [2.75, 3.05) is 0 Å². The van der Waals surface area contributed by atoms with Gasteiger partial charge in [0.15, 0.2) is 5.82 Å². The molecule has 4 heteroatoms. The molecular formula is C16H15N3O. The second-order valence-electron chi connectivity index (χ2n) is 4.57. The molecule has 1 heterocycles. The Bertz CT molecular complexity index is 692. The molecule has 0 saturated heterocycles. The van der Waals surface area contributed by atoms with Crippen LogP contribution in [0.2, 0.25) is 0 Å². The summed E-state index contributed by atoms with van der Waals surface area (Å²) in [6, 6.07) is 18.4. The highest BCUT2D eigenvalue weighted by Gasteiger charge is 2.09. The largest absolute Gasteiger partial charge is 0.388 e. The molecule has 0 fully saturated rings. The van der Waals surface area contributed by atoms with Crippen LogP contribution in [0.25, 0.3) is 5.69 Å². The van der Waals surface area contributed by atoms with Crippen molar-refractivity contribution in [2.45, 2.75) is 13.0 Å². The Balaban J connectivity index is 2.01. The minimum Gasteiger partial charge on any atom is -0.388 e. The Hall–Kier alpha value is -2.46. The zero-order valence-corrected chi connectivity index (χ0v) is 11.0. The van der Waals surface area contributed by atoms with Crippen molar-refractivity contribution in [3.05, 3.63) is 77.9 Å². The summed E-state index contributed by atoms with van der Waals surface area (Å²) in [5, 5.41) is 17.1. The number of aliphatic hydroxyl groups is 1. The molecule has 0 spiro atoms. The Morgan fingerprint density at radius 2 is 1.70 bits per heavy atom. The van der Waals surface area contributed by atoms with Crippen molar-refractivity contribution in [1.82, 2.24) is 14.8 Å². The van der Waals surface area contributed by atoms with Gasteiger partial charge in [-0.15, -0.1) is 10.2 Å². The van der Waals surface area contributed by atoms with Gasteiger partial charge in [-0.05, 0) is 23.6 Å². The smallest absolute Gasteiger partial charge is 0.163 e. The predicted octanol–water partition coefficient (Wildman–Crippen LogP) is 2.35. The normalized spacial score (nSPS) is 10.7. The third-order valence-corrected chi connectivity index (χ3v) is 3.25. The molecule has 0 atom stereocenters. The van der Waals surface area contributed by atoms with E-state index in [-0.39, 0.29) is 6.61 Å². The van der Waals surface area contributed by atoms with Crippen LogP contribution >= 0.6 is 0 Å². The van der Waals surface area contributed by atoms with Gasteiger partial charge in [0.2, 0.25) is 0 Å². The molecule has 0 aliphatic rings. The number of aromatic nitrogens is 3. The lowest BCUT2D eigenvalue weighted by molar-refractivity contribution is 0.269. The Kier molecular flexibility index (Phi) is 3.56. The van der Waals surface area contributed by atoms with Crippen LogP contribution in [0.3, 0.4) is 0 Å². The highest BCUT2D eigenvalue weighted by molar-refractivity contribution is 5.44. The van der Waals surface area contributed by atoms with Crippen LogP contribution in [0, 0.1) is 0 Å². The molecule has 0 radical (unpaired) electrons. The lowest BCUT2D eigenvalue weighted by Gasteiger charge is -2.11. The molecule has 3 aromatic rings. The standard InChI is InChI=1S/C16H15N3O/c20-11-16-18-17-12-19(16)15-9-5-4-8-14(15)10-13-6-2-1-3-7-13/h1-9,12,20H,10-11H2. The van der Waals surface area contributed by atoms with Gasteiger partial charge in [-0.3, -0.25) is 4.57 Å². The summed E-state index contributed by atoms with van der Waals surface area (Å²) in [6.07, 6.45) is 2.47. The fraction of sp³-hybridized carbons (Fsp3) is 0.125. The highest BCUT2D eigenvalue weighted by atomic mass is 16.3. The Morgan fingerprint density at radius 1 is 0.950 bits per heavy atom. The van der Waals surface area contributed by atoms with Crippen LogP contribution in [0.1, 0.15) is 17.0 Å². The van der Waals surface area contributed by atoms with E-state index in [1.54, 1.807) is 6.33 Å². The van der Waals surface area contributed by atoms with Gasteiger partial charge in [0, 0.05) is 0 Å². The second kappa shape index (κ2) is 5.67. The summed E-state index contributed by atoms with van der Waals surface area (Å²) < 4.78 is 1.83. The molecular weight excluding hydrogens is 250 g/mol. The third kappa shape index (κ3) is 2.46. The van der Waals surface area contributed by atoms with E-state index in [9.17, 15) is 5.11 Å². The number of aliphatic hydroxyl groups excluding tert-OH is 1. The van der Waals surface area contributed by atoms with Crippen LogP contribution in [-0.4, -0.2) is 19.9 Å². The fourth-order valence-electron chi connectivity index (χ4n) is 2.28. The topological polar surface area (TPSA) is 50.9 Å². The average molecular weight is 265 g/mol. The minimum atomic E-state index is -0.125. The van der Waals surface area contributed by atoms with Gasteiger partial charge in [-0.25, -0.2) is 0 Å². The van der Waals surface area contributed by atoms with E-state index in [2.05, 4.69) is 28.4 Å². The maximum atomic E-state index is 9.33. The fourth-order valence-corrected chi connectivity index (χ4v) is 2.28. The first-order valence-electron chi connectivity index (χ1n) is 6.50. The number of hydrogen-bond acceptors (Lipinski definition) is 3. The Morgan fingerprint density at radius 3 is 2.50 bits per heavy atom. The van der Waals surface area contributed by atoms with Crippen molar-refractivity contribution < 1.29 is 5.11 Å². The molecule has 4 nitrogen and oxygen atoms in total. The summed E-state index contributed by atoms with van der Waals surface area (Å²) in [6.45, 7) is -0.125. The zero-order valence-electron chi connectivity index (χ0n) is 11.0. The molecule has 0 aliphatic heterocycles. The number of para-hydroxylation sites is 1. The maximum Gasteiger partial charge on any atom is 0.163 e. The van der Waals surface area contributed by atoms with Crippen LogP contribution in [0.15, 0.2) is 60.9 Å². The molecule has 0 bridgehead atoms. The van der Waals surface area contributed by atoms with Gasteiger partial charge in [0.05, 0.1) is 5.69 Å². The quantitative estimate of drug-likeness (QED) is 0.787. The van der Waals surface area contributed by atoms with Gasteiger partial charge in [0.1, 0.15) is 12.9 Å². The van der Waals surface area contributed by atoms with Crippen molar-refractivity contribution in [3.63, 3.8) is 0 Å². The van der Waals surface area contributed by atoms with E-state index in [4.69, 9.17) is 0 Å². The first kappa shape index (κ1) is 12.6. The first-order valence-corrected chi connectivity index (χ1v) is 6.50. The summed E-state index contributed by atoms with van der Waals surface area (Å²) in [4.78, 5) is 0. The Labute approximate surface area is 117 Å². The number of rotatable bonds is 4. The molecule has 20 heavy (non-hydrogen) atoms. The first-order chi connectivity index (χ1) is 9.88. The zero-order chi connectivity index (χ0) is 13.8. The molecule has 0 unspecified atom stereocenters. The van der Waals surface area contributed by atoms with Crippen molar-refractivity contribution in [3.8, 4) is 5.69 Å². The van der Waals surface area contributed by atoms with Gasteiger partial charge >= 0.3 is 0 Å². The van der Waals surface area contributed by atoms with Crippen LogP contribution < -0.4 is 0 Å². The molecule has 3 rings (SSSR count). The van der Waals surface area contributed by atoms with Gasteiger partial charge in [-0.2, -0.15) is 0 Å². The van der Waals surface area contributed by atoms with Crippen LogP contribution in [-0.2, 0) is 13.0 Å². The number of nitrogens with zero attached hydrogens (tertiary/aromatic N) is 3. The summed E-state index contributed by atoms with van der Waals surface area (Å²) in [5.74, 6) is 0.547. The van der Waals surface area contributed by atoms with Crippen molar-refractivity contribution in [2.24, 2.45) is 0 Å². The molecule has 0 amide bonds. The SMILES string of the molecule is OCc1nncn1-c1ccccc1Cc1ccccc1. The maximum absolute atomic E-state index is 9.33. The lowest BCUT2D eigenvalue weighted by atomic mass is 10.0. The number of hydrogen-bond donors (Lipinski definition) is 1. The van der Waals surface area contributed by atoms with E-state index in [0.717, 1.165) is 12.1 Å². The van der Waals surface area contributed by atoms with Crippen LogP contribution in [0.4, 0.5) is 0 Å². The van der Waals surface area contributed by atoms with E-state index in [1.165, 1.54) is 11.1 Å². The van der Waals surface area contributed by atoms with Crippen molar-refractivity contribution >= 4 is 0 Å². The number of benzene rings is 2. The summed E-state index contributed by atoms with van der Waals surface area (Å²) in [5.41, 5.74) is 3.43. The monoisotopic (exact) mass is 265 g/mol. The van der Waals surface area contributed by atoms with Gasteiger partial charge in [-0.1, -0.05) is 48.5 Å². The molecule has 0 saturated carbocycles. The minimum absolute atomic E-state index is 0.125.